The fourth-order valence-electron chi connectivity index (χ4n) is 5.18. The van der Waals surface area contributed by atoms with Crippen LogP contribution in [0, 0.1) is 5.41 Å². The number of Topliss-reactive ketones (excluding diaryl/α,β-unsaturated/α-hetero) is 1. The molecule has 2 aliphatic carbocycles. The molecule has 1 atom stereocenters. The summed E-state index contributed by atoms with van der Waals surface area (Å²) in [5.74, 6) is 0.125. The second-order valence-electron chi connectivity index (χ2n) is 9.59. The molecule has 2 heterocycles. The molecule has 1 saturated carbocycles. The highest BCUT2D eigenvalue weighted by Crippen LogP contribution is 2.44. The fourth-order valence-corrected chi connectivity index (χ4v) is 6.49. The van der Waals surface area contributed by atoms with Gasteiger partial charge >= 0.3 is 0 Å². The van der Waals surface area contributed by atoms with Crippen LogP contribution in [-0.2, 0) is 16.6 Å². The Kier molecular flexibility index (Phi) is 4.95. The van der Waals surface area contributed by atoms with Gasteiger partial charge in [-0.2, -0.15) is 22.1 Å². The summed E-state index contributed by atoms with van der Waals surface area (Å²) in [7, 11) is -0.423. The molecule has 0 unspecified atom stereocenters. The van der Waals surface area contributed by atoms with E-state index in [1.165, 1.54) is 17.1 Å². The molecule has 0 N–H and O–H groups in total. The van der Waals surface area contributed by atoms with E-state index in [9.17, 15) is 13.2 Å². The maximum absolute atomic E-state index is 13.2. The Hall–Kier alpha value is -1.25. The zero-order valence-electron chi connectivity index (χ0n) is 17.4. The molecule has 1 aliphatic heterocycles. The van der Waals surface area contributed by atoms with Crippen molar-refractivity contribution in [3.8, 4) is 0 Å². The highest BCUT2D eigenvalue weighted by atomic mass is 32.2. The monoisotopic (exact) mass is 408 g/mol. The van der Waals surface area contributed by atoms with Crippen molar-refractivity contribution in [1.82, 2.24) is 18.4 Å². The Morgan fingerprint density at radius 1 is 1.07 bits per heavy atom. The summed E-state index contributed by atoms with van der Waals surface area (Å²) >= 11 is 0. The van der Waals surface area contributed by atoms with Crippen LogP contribution in [0.25, 0.3) is 0 Å². The number of hydrogen-bond donors (Lipinski definition) is 0. The maximum Gasteiger partial charge on any atom is 0.282 e. The first kappa shape index (κ1) is 20.0. The SMILES string of the molecule is CN(C)S(=O)(=O)N1CCC[C@H]1c1nn(C2CCCC2)c2c1C(=O)CC(C)(C)C2. The van der Waals surface area contributed by atoms with Crippen LogP contribution in [0.5, 0.6) is 0 Å². The Bertz CT molecular complexity index is 882. The van der Waals surface area contributed by atoms with Gasteiger partial charge in [0.1, 0.15) is 0 Å². The van der Waals surface area contributed by atoms with Gasteiger partial charge in [-0.3, -0.25) is 9.48 Å². The lowest BCUT2D eigenvalue weighted by atomic mass is 9.75. The molecule has 3 aliphatic rings. The van der Waals surface area contributed by atoms with E-state index in [2.05, 4.69) is 18.5 Å². The molecule has 0 bridgehead atoms. The van der Waals surface area contributed by atoms with Crippen molar-refractivity contribution >= 4 is 16.0 Å². The Balaban J connectivity index is 1.83. The average molecular weight is 409 g/mol. The summed E-state index contributed by atoms with van der Waals surface area (Å²) in [6.45, 7) is 4.76. The smallest absolute Gasteiger partial charge is 0.282 e. The third kappa shape index (κ3) is 3.23. The topological polar surface area (TPSA) is 75.5 Å². The second kappa shape index (κ2) is 6.92. The van der Waals surface area contributed by atoms with E-state index < -0.39 is 10.2 Å². The van der Waals surface area contributed by atoms with Gasteiger partial charge in [0, 0.05) is 27.1 Å². The molecule has 0 aromatic carbocycles. The minimum Gasteiger partial charge on any atom is -0.294 e. The van der Waals surface area contributed by atoms with Crippen LogP contribution >= 0.6 is 0 Å². The molecule has 0 amide bonds. The molecule has 1 aromatic rings. The number of carbonyl (C=O) groups is 1. The number of carbonyl (C=O) groups excluding carboxylic acids is 1. The molecule has 156 valence electrons. The average Bonchev–Trinajstić information content (AvgIpc) is 3.32. The third-order valence-electron chi connectivity index (χ3n) is 6.55. The Morgan fingerprint density at radius 2 is 1.75 bits per heavy atom. The van der Waals surface area contributed by atoms with Crippen LogP contribution in [0.1, 0.15) is 92.6 Å². The number of rotatable bonds is 4. The molecule has 0 spiro atoms. The molecule has 1 saturated heterocycles. The summed E-state index contributed by atoms with van der Waals surface area (Å²) in [6.07, 6.45) is 7.40. The normalized spacial score (nSPS) is 26.3. The lowest BCUT2D eigenvalue weighted by Crippen LogP contribution is -2.40. The van der Waals surface area contributed by atoms with Crippen LogP contribution < -0.4 is 0 Å². The van der Waals surface area contributed by atoms with Crippen LogP contribution in [0.4, 0.5) is 0 Å². The lowest BCUT2D eigenvalue weighted by molar-refractivity contribution is 0.0907. The fraction of sp³-hybridized carbons (Fsp3) is 0.800. The minimum atomic E-state index is -3.54. The molecular formula is C20H32N4O3S. The number of ketones is 1. The van der Waals surface area contributed by atoms with Crippen LogP contribution in [0.3, 0.4) is 0 Å². The van der Waals surface area contributed by atoms with Gasteiger partial charge in [0.25, 0.3) is 10.2 Å². The van der Waals surface area contributed by atoms with Crippen LogP contribution in [0.15, 0.2) is 0 Å². The largest absolute Gasteiger partial charge is 0.294 e. The summed E-state index contributed by atoms with van der Waals surface area (Å²) in [5.41, 5.74) is 2.38. The van der Waals surface area contributed by atoms with E-state index >= 15 is 0 Å². The lowest BCUT2D eigenvalue weighted by Gasteiger charge is -2.31. The van der Waals surface area contributed by atoms with Crippen LogP contribution in [-0.4, -0.2) is 53.2 Å². The molecule has 1 aromatic heterocycles. The van der Waals surface area contributed by atoms with E-state index in [4.69, 9.17) is 5.10 Å². The van der Waals surface area contributed by atoms with Crippen molar-refractivity contribution in [2.45, 2.75) is 77.3 Å². The van der Waals surface area contributed by atoms with E-state index in [1.807, 2.05) is 0 Å². The van der Waals surface area contributed by atoms with Crippen molar-refractivity contribution in [2.75, 3.05) is 20.6 Å². The Labute approximate surface area is 168 Å². The zero-order valence-corrected chi connectivity index (χ0v) is 18.3. The van der Waals surface area contributed by atoms with Crippen molar-refractivity contribution < 1.29 is 13.2 Å². The van der Waals surface area contributed by atoms with Crippen molar-refractivity contribution in [1.29, 1.82) is 0 Å². The minimum absolute atomic E-state index is 0.0805. The first-order chi connectivity index (χ1) is 13.1. The number of nitrogens with zero attached hydrogens (tertiary/aromatic N) is 4. The van der Waals surface area contributed by atoms with Gasteiger partial charge < -0.3 is 0 Å². The van der Waals surface area contributed by atoms with Crippen LogP contribution in [0.2, 0.25) is 0 Å². The number of hydrogen-bond acceptors (Lipinski definition) is 4. The van der Waals surface area contributed by atoms with Gasteiger partial charge in [-0.05, 0) is 37.5 Å². The van der Waals surface area contributed by atoms with Gasteiger partial charge in [0.15, 0.2) is 5.78 Å². The van der Waals surface area contributed by atoms with E-state index in [1.54, 1.807) is 18.4 Å². The Morgan fingerprint density at radius 3 is 2.39 bits per heavy atom. The number of fused-ring (bicyclic) bond motifs is 1. The standard InChI is InChI=1S/C20H32N4O3S/c1-20(2)12-16-18(17(25)13-20)19(21-24(16)14-8-5-6-9-14)15-10-7-11-23(15)28(26,27)22(3)4/h14-15H,5-13H2,1-4H3/t15-/m0/s1. The second-order valence-corrected chi connectivity index (χ2v) is 11.7. The molecule has 0 radical (unpaired) electrons. The molecule has 2 fully saturated rings. The van der Waals surface area contributed by atoms with Gasteiger partial charge in [-0.1, -0.05) is 26.7 Å². The summed E-state index contributed by atoms with van der Waals surface area (Å²) < 4.78 is 30.6. The molecule has 28 heavy (non-hydrogen) atoms. The first-order valence-electron chi connectivity index (χ1n) is 10.5. The highest BCUT2D eigenvalue weighted by Gasteiger charge is 2.44. The molecular weight excluding hydrogens is 376 g/mol. The summed E-state index contributed by atoms with van der Waals surface area (Å²) in [4.78, 5) is 13.2. The van der Waals surface area contributed by atoms with Gasteiger partial charge in [-0.25, -0.2) is 0 Å². The van der Waals surface area contributed by atoms with Gasteiger partial charge in [0.05, 0.1) is 29.0 Å². The van der Waals surface area contributed by atoms with Gasteiger partial charge in [-0.15, -0.1) is 0 Å². The highest BCUT2D eigenvalue weighted by molar-refractivity contribution is 7.86. The summed E-state index contributed by atoms with van der Waals surface area (Å²) in [6, 6.07) is -0.00141. The van der Waals surface area contributed by atoms with Crippen molar-refractivity contribution in [3.63, 3.8) is 0 Å². The predicted octanol–water partition coefficient (Wildman–Crippen LogP) is 3.10. The third-order valence-corrected chi connectivity index (χ3v) is 8.50. The number of aromatic nitrogens is 2. The zero-order chi connectivity index (χ0) is 20.3. The van der Waals surface area contributed by atoms with E-state index in [0.717, 1.165) is 43.4 Å². The molecule has 4 rings (SSSR count). The van der Waals surface area contributed by atoms with Gasteiger partial charge in [0.2, 0.25) is 0 Å². The summed E-state index contributed by atoms with van der Waals surface area (Å²) in [5, 5.41) is 4.97. The predicted molar refractivity (Wildman–Crippen MR) is 107 cm³/mol. The molecule has 8 heteroatoms. The first-order valence-corrected chi connectivity index (χ1v) is 11.9. The van der Waals surface area contributed by atoms with Crippen molar-refractivity contribution in [2.24, 2.45) is 5.41 Å². The van der Waals surface area contributed by atoms with Crippen molar-refractivity contribution in [3.05, 3.63) is 17.0 Å². The van der Waals surface area contributed by atoms with E-state index in [-0.39, 0.29) is 17.2 Å². The molecule has 7 nitrogen and oxygen atoms in total. The van der Waals surface area contributed by atoms with E-state index in [0.29, 0.717) is 24.7 Å². The maximum atomic E-state index is 13.2. The quantitative estimate of drug-likeness (QED) is 0.767.